The lowest BCUT2D eigenvalue weighted by molar-refractivity contribution is 0.922. The van der Waals surface area contributed by atoms with E-state index >= 15 is 0 Å². The van der Waals surface area contributed by atoms with Crippen LogP contribution in [0.5, 0.6) is 0 Å². The van der Waals surface area contributed by atoms with Gasteiger partial charge in [0.05, 0.1) is 3.79 Å². The molecule has 0 N–H and O–H groups in total. The summed E-state index contributed by atoms with van der Waals surface area (Å²) < 4.78 is 1.16. The minimum absolute atomic E-state index is 1.12. The molecule has 0 unspecified atom stereocenters. The van der Waals surface area contributed by atoms with E-state index < -0.39 is 0 Å². The minimum Gasteiger partial charge on any atom is -0.310 e. The number of hydrogen-bond donors (Lipinski definition) is 0. The van der Waals surface area contributed by atoms with E-state index in [1.807, 2.05) is 0 Å². The average Bonchev–Trinajstić information content (AvgIpc) is 3.17. The normalized spacial score (nSPS) is 10.9. The highest BCUT2D eigenvalue weighted by Crippen LogP contribution is 2.37. The van der Waals surface area contributed by atoms with Gasteiger partial charge in [-0.2, -0.15) is 0 Å². The maximum absolute atomic E-state index is 3.56. The van der Waals surface area contributed by atoms with Gasteiger partial charge < -0.3 is 4.90 Å². The number of nitrogens with zero attached hydrogens (tertiary/aromatic N) is 1. The number of thiophene rings is 1. The summed E-state index contributed by atoms with van der Waals surface area (Å²) in [5, 5.41) is 0. The van der Waals surface area contributed by atoms with Gasteiger partial charge in [-0.15, -0.1) is 11.3 Å². The van der Waals surface area contributed by atoms with Gasteiger partial charge in [-0.1, -0.05) is 49.7 Å². The van der Waals surface area contributed by atoms with Gasteiger partial charge in [0.1, 0.15) is 0 Å². The van der Waals surface area contributed by atoms with Crippen molar-refractivity contribution in [1.29, 1.82) is 0 Å². The summed E-state index contributed by atoms with van der Waals surface area (Å²) in [6.07, 6.45) is 2.29. The summed E-state index contributed by atoms with van der Waals surface area (Å²) in [4.78, 5) is 3.60. The molecule has 0 atom stereocenters. The Morgan fingerprint density at radius 2 is 1.48 bits per heavy atom. The molecule has 0 aliphatic rings. The summed E-state index contributed by atoms with van der Waals surface area (Å²) in [5.74, 6) is 0. The molecule has 0 amide bonds. The molecule has 0 saturated carbocycles. The van der Waals surface area contributed by atoms with Crippen LogP contribution in [-0.4, -0.2) is 0 Å². The molecular formula is C26H24BrNS. The lowest BCUT2D eigenvalue weighted by atomic mass is 10.1. The first-order chi connectivity index (χ1) is 14.1. The van der Waals surface area contributed by atoms with E-state index in [4.69, 9.17) is 0 Å². The van der Waals surface area contributed by atoms with Crippen molar-refractivity contribution in [3.63, 3.8) is 0 Å². The Hall–Kier alpha value is -2.36. The van der Waals surface area contributed by atoms with Crippen molar-refractivity contribution in [2.45, 2.75) is 26.7 Å². The van der Waals surface area contributed by atoms with Gasteiger partial charge >= 0.3 is 0 Å². The van der Waals surface area contributed by atoms with E-state index in [-0.39, 0.29) is 0 Å². The topological polar surface area (TPSA) is 3.24 Å². The fraction of sp³-hybridized carbons (Fsp3) is 0.154. The number of benzene rings is 3. The second-order valence-electron chi connectivity index (χ2n) is 7.24. The van der Waals surface area contributed by atoms with Gasteiger partial charge in [-0.3, -0.25) is 0 Å². The van der Waals surface area contributed by atoms with Crippen molar-refractivity contribution in [2.24, 2.45) is 0 Å². The van der Waals surface area contributed by atoms with Crippen LogP contribution >= 0.6 is 27.3 Å². The number of halogens is 1. The smallest absolute Gasteiger partial charge is 0.0705 e. The summed E-state index contributed by atoms with van der Waals surface area (Å²) in [7, 11) is 0. The SMILES string of the molecule is CCCc1ccc(N(c2ccc(-c3ccc(Br)s3)cc2)c2cccc(C)c2)cc1. The zero-order valence-corrected chi connectivity index (χ0v) is 19.1. The van der Waals surface area contributed by atoms with Crippen LogP contribution < -0.4 is 4.90 Å². The highest BCUT2D eigenvalue weighted by molar-refractivity contribution is 9.11. The van der Waals surface area contributed by atoms with Gasteiger partial charge in [0.2, 0.25) is 0 Å². The van der Waals surface area contributed by atoms with E-state index in [0.29, 0.717) is 0 Å². The molecule has 146 valence electrons. The molecule has 3 aromatic carbocycles. The first-order valence-corrected chi connectivity index (χ1v) is 11.6. The summed E-state index contributed by atoms with van der Waals surface area (Å²) >= 11 is 5.32. The number of rotatable bonds is 6. The largest absolute Gasteiger partial charge is 0.310 e. The Kier molecular flexibility index (Phi) is 6.17. The number of aryl methyl sites for hydroxylation is 2. The van der Waals surface area contributed by atoms with Gasteiger partial charge in [-0.05, 0) is 94.5 Å². The molecule has 1 aromatic heterocycles. The van der Waals surface area contributed by atoms with E-state index in [1.54, 1.807) is 11.3 Å². The molecule has 0 bridgehead atoms. The Morgan fingerprint density at radius 3 is 2.07 bits per heavy atom. The second-order valence-corrected chi connectivity index (χ2v) is 9.70. The van der Waals surface area contributed by atoms with E-state index in [9.17, 15) is 0 Å². The van der Waals surface area contributed by atoms with Crippen LogP contribution in [-0.2, 0) is 6.42 Å². The standard InChI is InChI=1S/C26H24BrNS/c1-3-5-20-8-12-22(13-9-20)28(24-7-4-6-19(2)18-24)23-14-10-21(11-15-23)25-16-17-26(27)29-25/h4,6-18H,3,5H2,1-2H3. The zero-order chi connectivity index (χ0) is 20.2. The van der Waals surface area contributed by atoms with Crippen molar-refractivity contribution in [2.75, 3.05) is 4.90 Å². The maximum atomic E-state index is 3.56. The Morgan fingerprint density at radius 1 is 0.793 bits per heavy atom. The Labute approximate surface area is 185 Å². The molecular weight excluding hydrogens is 438 g/mol. The molecule has 0 aliphatic carbocycles. The quantitative estimate of drug-likeness (QED) is 0.277. The molecule has 0 saturated heterocycles. The van der Waals surface area contributed by atoms with E-state index in [0.717, 1.165) is 10.2 Å². The zero-order valence-electron chi connectivity index (χ0n) is 16.7. The number of hydrogen-bond acceptors (Lipinski definition) is 2. The molecule has 0 spiro atoms. The molecule has 1 heterocycles. The third-order valence-electron chi connectivity index (χ3n) is 4.98. The molecule has 29 heavy (non-hydrogen) atoms. The maximum Gasteiger partial charge on any atom is 0.0705 e. The van der Waals surface area contributed by atoms with Gasteiger partial charge in [-0.25, -0.2) is 0 Å². The van der Waals surface area contributed by atoms with Crippen molar-refractivity contribution in [1.82, 2.24) is 0 Å². The first-order valence-electron chi connectivity index (χ1n) is 9.95. The van der Waals surface area contributed by atoms with Crippen molar-refractivity contribution in [3.8, 4) is 10.4 Å². The summed E-state index contributed by atoms with van der Waals surface area (Å²) in [6, 6.07) is 30.8. The van der Waals surface area contributed by atoms with Crippen LogP contribution in [0.1, 0.15) is 24.5 Å². The third kappa shape index (κ3) is 4.63. The van der Waals surface area contributed by atoms with Crippen molar-refractivity contribution >= 4 is 44.3 Å². The fourth-order valence-electron chi connectivity index (χ4n) is 3.56. The third-order valence-corrected chi connectivity index (χ3v) is 6.65. The lowest BCUT2D eigenvalue weighted by Crippen LogP contribution is -2.10. The molecule has 1 nitrogen and oxygen atoms in total. The van der Waals surface area contributed by atoms with Crippen molar-refractivity contribution in [3.05, 3.63) is 99.8 Å². The van der Waals surface area contributed by atoms with Crippen LogP contribution in [0.25, 0.3) is 10.4 Å². The highest BCUT2D eigenvalue weighted by Gasteiger charge is 2.13. The Bertz CT molecular complexity index is 1080. The Balaban J connectivity index is 1.73. The molecule has 0 fully saturated rings. The van der Waals surface area contributed by atoms with Crippen LogP contribution in [0.2, 0.25) is 0 Å². The van der Waals surface area contributed by atoms with Crippen LogP contribution in [0, 0.1) is 6.92 Å². The predicted octanol–water partition coefficient (Wildman–Crippen LogP) is 8.91. The second kappa shape index (κ2) is 8.98. The summed E-state index contributed by atoms with van der Waals surface area (Å²) in [5.41, 5.74) is 7.42. The van der Waals surface area contributed by atoms with Crippen LogP contribution in [0.3, 0.4) is 0 Å². The van der Waals surface area contributed by atoms with Crippen LogP contribution in [0.4, 0.5) is 17.1 Å². The fourth-order valence-corrected chi connectivity index (χ4v) is 4.95. The number of anilines is 3. The monoisotopic (exact) mass is 461 g/mol. The molecule has 3 heteroatoms. The lowest BCUT2D eigenvalue weighted by Gasteiger charge is -2.26. The van der Waals surface area contributed by atoms with Gasteiger partial charge in [0.15, 0.2) is 0 Å². The molecule has 0 aliphatic heterocycles. The summed E-state index contributed by atoms with van der Waals surface area (Å²) in [6.45, 7) is 4.37. The average molecular weight is 462 g/mol. The minimum atomic E-state index is 1.12. The highest BCUT2D eigenvalue weighted by atomic mass is 79.9. The van der Waals surface area contributed by atoms with Gasteiger partial charge in [0.25, 0.3) is 0 Å². The van der Waals surface area contributed by atoms with Gasteiger partial charge in [0, 0.05) is 21.9 Å². The molecule has 0 radical (unpaired) electrons. The molecule has 4 aromatic rings. The van der Waals surface area contributed by atoms with E-state index in [1.165, 1.54) is 45.1 Å². The molecule has 4 rings (SSSR count). The first kappa shape index (κ1) is 19.9. The van der Waals surface area contributed by atoms with Crippen molar-refractivity contribution < 1.29 is 0 Å². The van der Waals surface area contributed by atoms with Crippen LogP contribution in [0.15, 0.2) is 88.7 Å². The predicted molar refractivity (Wildman–Crippen MR) is 131 cm³/mol. The van der Waals surface area contributed by atoms with E-state index in [2.05, 4.69) is 120 Å².